The van der Waals surface area contributed by atoms with Crippen LogP contribution in [-0.2, 0) is 6.54 Å². The van der Waals surface area contributed by atoms with E-state index in [1.807, 2.05) is 34.3 Å². The number of thiophene rings is 1. The van der Waals surface area contributed by atoms with E-state index in [2.05, 4.69) is 10.1 Å². The summed E-state index contributed by atoms with van der Waals surface area (Å²) in [6.45, 7) is 2.23. The highest BCUT2D eigenvalue weighted by atomic mass is 32.1. The van der Waals surface area contributed by atoms with Crippen molar-refractivity contribution < 1.29 is 9.63 Å². The molecule has 0 bridgehead atoms. The quantitative estimate of drug-likeness (QED) is 0.795. The zero-order valence-corrected chi connectivity index (χ0v) is 11.2. The summed E-state index contributed by atoms with van der Waals surface area (Å²) < 4.78 is 7.18. The molecule has 0 aliphatic carbocycles. The van der Waals surface area contributed by atoms with Crippen LogP contribution in [0.1, 0.15) is 24.5 Å². The Hall–Kier alpha value is -1.92. The van der Waals surface area contributed by atoms with E-state index in [1.54, 1.807) is 24.5 Å². The molecule has 1 N–H and O–H groups in total. The highest BCUT2D eigenvalue weighted by molar-refractivity contribution is 7.13. The van der Waals surface area contributed by atoms with Gasteiger partial charge >= 0.3 is 0 Å². The summed E-state index contributed by atoms with van der Waals surface area (Å²) in [4.78, 5) is 5.18. The fourth-order valence-corrected chi connectivity index (χ4v) is 2.59. The maximum Gasteiger partial charge on any atom is 0.177 e. The van der Waals surface area contributed by atoms with Crippen molar-refractivity contribution in [2.24, 2.45) is 0 Å². The lowest BCUT2D eigenvalue weighted by molar-refractivity contribution is 0.184. The molecular formula is C13H13N3O2S. The van der Waals surface area contributed by atoms with Crippen LogP contribution in [0.3, 0.4) is 0 Å². The summed E-state index contributed by atoms with van der Waals surface area (Å²) in [5.41, 5.74) is 0.809. The number of imidazole rings is 1. The van der Waals surface area contributed by atoms with Crippen molar-refractivity contribution in [1.29, 1.82) is 0 Å². The molecule has 3 rings (SSSR count). The molecule has 6 heteroatoms. The van der Waals surface area contributed by atoms with Gasteiger partial charge in [0, 0.05) is 18.5 Å². The SMILES string of the molecule is CC(O)c1nccn1Cc1cc(-c2cccs2)on1. The minimum absolute atomic E-state index is 0.537. The predicted octanol–water partition coefficient (Wildman–Crippen LogP) is 2.70. The van der Waals surface area contributed by atoms with Crippen molar-refractivity contribution in [2.45, 2.75) is 19.6 Å². The monoisotopic (exact) mass is 275 g/mol. The zero-order chi connectivity index (χ0) is 13.2. The maximum atomic E-state index is 9.60. The first-order valence-corrected chi connectivity index (χ1v) is 6.80. The smallest absolute Gasteiger partial charge is 0.177 e. The molecule has 3 heterocycles. The van der Waals surface area contributed by atoms with Gasteiger partial charge in [0.25, 0.3) is 0 Å². The molecule has 0 aromatic carbocycles. The van der Waals surface area contributed by atoms with E-state index in [1.165, 1.54) is 0 Å². The average molecular weight is 275 g/mol. The Labute approximate surface area is 114 Å². The lowest BCUT2D eigenvalue weighted by Gasteiger charge is -2.07. The molecule has 0 saturated heterocycles. The molecule has 3 aromatic heterocycles. The van der Waals surface area contributed by atoms with Crippen LogP contribution >= 0.6 is 11.3 Å². The van der Waals surface area contributed by atoms with Gasteiger partial charge in [-0.1, -0.05) is 11.2 Å². The predicted molar refractivity (Wildman–Crippen MR) is 71.8 cm³/mol. The van der Waals surface area contributed by atoms with Crippen molar-refractivity contribution in [3.63, 3.8) is 0 Å². The van der Waals surface area contributed by atoms with Crippen molar-refractivity contribution in [3.05, 3.63) is 47.5 Å². The summed E-state index contributed by atoms with van der Waals surface area (Å²) in [6, 6.07) is 5.88. The third-order valence-electron chi connectivity index (χ3n) is 2.78. The molecule has 3 aromatic rings. The van der Waals surface area contributed by atoms with E-state index in [0.717, 1.165) is 16.3 Å². The number of aromatic nitrogens is 3. The Morgan fingerprint density at radius 3 is 3.16 bits per heavy atom. The van der Waals surface area contributed by atoms with Gasteiger partial charge < -0.3 is 14.2 Å². The minimum atomic E-state index is -0.598. The third kappa shape index (κ3) is 2.45. The number of hydrogen-bond acceptors (Lipinski definition) is 5. The zero-order valence-electron chi connectivity index (χ0n) is 10.4. The van der Waals surface area contributed by atoms with Gasteiger partial charge in [-0.3, -0.25) is 0 Å². The van der Waals surface area contributed by atoms with E-state index in [9.17, 15) is 5.11 Å². The van der Waals surface area contributed by atoms with Gasteiger partial charge in [-0.25, -0.2) is 4.98 Å². The maximum absolute atomic E-state index is 9.60. The number of rotatable bonds is 4. The van der Waals surface area contributed by atoms with Gasteiger partial charge in [0.2, 0.25) is 0 Å². The van der Waals surface area contributed by atoms with E-state index in [-0.39, 0.29) is 0 Å². The van der Waals surface area contributed by atoms with Gasteiger partial charge in [0.15, 0.2) is 5.76 Å². The van der Waals surface area contributed by atoms with E-state index in [0.29, 0.717) is 12.4 Å². The number of nitrogens with zero attached hydrogens (tertiary/aromatic N) is 3. The molecule has 19 heavy (non-hydrogen) atoms. The molecule has 0 spiro atoms. The molecule has 0 saturated carbocycles. The Balaban J connectivity index is 1.82. The topological polar surface area (TPSA) is 64.1 Å². The molecule has 0 fully saturated rings. The third-order valence-corrected chi connectivity index (χ3v) is 3.66. The molecule has 1 unspecified atom stereocenters. The summed E-state index contributed by atoms with van der Waals surface area (Å²) in [5, 5.41) is 15.6. The van der Waals surface area contributed by atoms with Crippen molar-refractivity contribution in [3.8, 4) is 10.6 Å². The summed E-state index contributed by atoms with van der Waals surface area (Å²) in [7, 11) is 0. The van der Waals surface area contributed by atoms with Gasteiger partial charge in [-0.05, 0) is 18.4 Å². The normalized spacial score (nSPS) is 12.7. The first-order valence-electron chi connectivity index (χ1n) is 5.92. The fraction of sp³-hybridized carbons (Fsp3) is 0.231. The number of hydrogen-bond donors (Lipinski definition) is 1. The molecule has 1 atom stereocenters. The number of aliphatic hydroxyl groups excluding tert-OH is 1. The standard InChI is InChI=1S/C13H13N3O2S/c1-9(17)13-14-4-5-16(13)8-10-7-11(18-15-10)12-3-2-6-19-12/h2-7,9,17H,8H2,1H3. The summed E-state index contributed by atoms with van der Waals surface area (Å²) in [6.07, 6.45) is 2.89. The second-order valence-electron chi connectivity index (χ2n) is 4.25. The number of aliphatic hydroxyl groups is 1. The molecule has 0 aliphatic heterocycles. The van der Waals surface area contributed by atoms with Crippen LogP contribution in [0.2, 0.25) is 0 Å². The van der Waals surface area contributed by atoms with E-state index in [4.69, 9.17) is 4.52 Å². The molecule has 0 radical (unpaired) electrons. The molecular weight excluding hydrogens is 262 g/mol. The van der Waals surface area contributed by atoms with Gasteiger partial charge in [0.05, 0.1) is 11.4 Å². The lowest BCUT2D eigenvalue weighted by Crippen LogP contribution is -2.07. The van der Waals surface area contributed by atoms with E-state index < -0.39 is 6.10 Å². The van der Waals surface area contributed by atoms with Crippen LogP contribution in [0.25, 0.3) is 10.6 Å². The Morgan fingerprint density at radius 2 is 2.42 bits per heavy atom. The van der Waals surface area contributed by atoms with Gasteiger partial charge in [-0.15, -0.1) is 11.3 Å². The van der Waals surface area contributed by atoms with Crippen LogP contribution in [-0.4, -0.2) is 19.8 Å². The summed E-state index contributed by atoms with van der Waals surface area (Å²) in [5.74, 6) is 1.39. The van der Waals surface area contributed by atoms with Gasteiger partial charge in [0.1, 0.15) is 17.6 Å². The van der Waals surface area contributed by atoms with Crippen LogP contribution in [0, 0.1) is 0 Å². The van der Waals surface area contributed by atoms with Crippen LogP contribution in [0.15, 0.2) is 40.5 Å². The second-order valence-corrected chi connectivity index (χ2v) is 5.20. The second kappa shape index (κ2) is 4.99. The van der Waals surface area contributed by atoms with Crippen molar-refractivity contribution in [1.82, 2.24) is 14.7 Å². The molecule has 5 nitrogen and oxygen atoms in total. The summed E-state index contributed by atoms with van der Waals surface area (Å²) >= 11 is 1.61. The highest BCUT2D eigenvalue weighted by Crippen LogP contribution is 2.25. The van der Waals surface area contributed by atoms with Gasteiger partial charge in [-0.2, -0.15) is 0 Å². The fourth-order valence-electron chi connectivity index (χ4n) is 1.92. The molecule has 98 valence electrons. The largest absolute Gasteiger partial charge is 0.385 e. The Kier molecular flexibility index (Phi) is 3.18. The highest BCUT2D eigenvalue weighted by Gasteiger charge is 2.12. The van der Waals surface area contributed by atoms with Crippen LogP contribution in [0.4, 0.5) is 0 Å². The molecule has 0 aliphatic rings. The van der Waals surface area contributed by atoms with Crippen LogP contribution < -0.4 is 0 Å². The molecule has 0 amide bonds. The van der Waals surface area contributed by atoms with Crippen LogP contribution in [0.5, 0.6) is 0 Å². The first-order chi connectivity index (χ1) is 9.24. The van der Waals surface area contributed by atoms with Crippen molar-refractivity contribution in [2.75, 3.05) is 0 Å². The lowest BCUT2D eigenvalue weighted by atomic mass is 10.3. The Morgan fingerprint density at radius 1 is 1.53 bits per heavy atom. The first kappa shape index (κ1) is 12.1. The Bertz CT molecular complexity index is 655. The van der Waals surface area contributed by atoms with Crippen molar-refractivity contribution >= 4 is 11.3 Å². The minimum Gasteiger partial charge on any atom is -0.385 e. The average Bonchev–Trinajstić information content (AvgIpc) is 3.09. The van der Waals surface area contributed by atoms with E-state index >= 15 is 0 Å².